The molecule has 1 saturated carbocycles. The predicted octanol–water partition coefficient (Wildman–Crippen LogP) is 4.45. The van der Waals surface area contributed by atoms with Crippen LogP contribution >= 0.6 is 0 Å². The number of nitrogens with zero attached hydrogens (tertiary/aromatic N) is 4. The SMILES string of the molecule is CCOC(=O)N=S(C)(=O)c1ccc(Nc2ncc(C#N)c(NC3CCCCC3)n2)cc1. The number of amides is 1. The highest BCUT2D eigenvalue weighted by molar-refractivity contribution is 7.93. The molecular weight excluding hydrogens is 416 g/mol. The zero-order chi connectivity index (χ0) is 22.3. The number of benzene rings is 1. The summed E-state index contributed by atoms with van der Waals surface area (Å²) >= 11 is 0. The largest absolute Gasteiger partial charge is 0.448 e. The molecule has 1 atom stereocenters. The molecule has 1 aromatic carbocycles. The Morgan fingerprint density at radius 1 is 1.29 bits per heavy atom. The van der Waals surface area contributed by atoms with Gasteiger partial charge in [-0.2, -0.15) is 10.2 Å². The number of nitrogens with one attached hydrogen (secondary N) is 2. The molecule has 1 unspecified atom stereocenters. The van der Waals surface area contributed by atoms with Gasteiger partial charge in [-0.1, -0.05) is 19.3 Å². The lowest BCUT2D eigenvalue weighted by Gasteiger charge is -2.23. The second-order valence-corrected chi connectivity index (χ2v) is 9.55. The van der Waals surface area contributed by atoms with Crippen LogP contribution in [0.3, 0.4) is 0 Å². The highest BCUT2D eigenvalue weighted by Gasteiger charge is 2.16. The highest BCUT2D eigenvalue weighted by Crippen LogP contribution is 2.24. The zero-order valence-corrected chi connectivity index (χ0v) is 18.4. The topological polar surface area (TPSA) is 129 Å². The first-order valence-electron chi connectivity index (χ1n) is 10.2. The summed E-state index contributed by atoms with van der Waals surface area (Å²) in [5.41, 5.74) is 1.07. The average Bonchev–Trinajstić information content (AvgIpc) is 2.75. The molecule has 1 aliphatic carbocycles. The Hall–Kier alpha value is -3.19. The van der Waals surface area contributed by atoms with Crippen molar-refractivity contribution in [2.24, 2.45) is 4.36 Å². The number of ether oxygens (including phenoxy) is 1. The normalized spacial score (nSPS) is 15.9. The second-order valence-electron chi connectivity index (χ2n) is 7.29. The fourth-order valence-corrected chi connectivity index (χ4v) is 4.42. The minimum Gasteiger partial charge on any atom is -0.448 e. The lowest BCUT2D eigenvalue weighted by Crippen LogP contribution is -2.23. The first-order chi connectivity index (χ1) is 14.9. The van der Waals surface area contributed by atoms with Gasteiger partial charge in [0.2, 0.25) is 5.95 Å². The van der Waals surface area contributed by atoms with Crippen molar-refractivity contribution in [3.63, 3.8) is 0 Å². The summed E-state index contributed by atoms with van der Waals surface area (Å²) < 4.78 is 21.1. The number of aromatic nitrogens is 2. The molecule has 0 radical (unpaired) electrons. The number of nitriles is 1. The summed E-state index contributed by atoms with van der Waals surface area (Å²) in [7, 11) is -2.91. The Labute approximate surface area is 182 Å². The molecular formula is C21H26N6O3S. The van der Waals surface area contributed by atoms with Crippen LogP contribution in [-0.2, 0) is 14.5 Å². The monoisotopic (exact) mass is 442 g/mol. The van der Waals surface area contributed by atoms with Crippen molar-refractivity contribution in [2.45, 2.75) is 50.0 Å². The summed E-state index contributed by atoms with van der Waals surface area (Å²) in [6, 6.07) is 9.09. The maximum absolute atomic E-state index is 12.7. The average molecular weight is 443 g/mol. The van der Waals surface area contributed by atoms with E-state index in [9.17, 15) is 14.3 Å². The Balaban J connectivity index is 1.75. The van der Waals surface area contributed by atoms with E-state index in [0.717, 1.165) is 12.8 Å². The van der Waals surface area contributed by atoms with Crippen LogP contribution in [0.4, 0.5) is 22.2 Å². The molecule has 1 heterocycles. The Morgan fingerprint density at radius 2 is 2.00 bits per heavy atom. The molecule has 164 valence electrons. The number of anilines is 3. The smallest absolute Gasteiger partial charge is 0.442 e. The minimum absolute atomic E-state index is 0.170. The summed E-state index contributed by atoms with van der Waals surface area (Å²) in [6.45, 7) is 1.83. The molecule has 10 heteroatoms. The number of hydrogen-bond acceptors (Lipinski definition) is 8. The van der Waals surface area contributed by atoms with E-state index in [1.165, 1.54) is 31.7 Å². The van der Waals surface area contributed by atoms with Crippen molar-refractivity contribution >= 4 is 33.3 Å². The third-order valence-electron chi connectivity index (χ3n) is 4.92. The fraction of sp³-hybridized carbons (Fsp3) is 0.429. The van der Waals surface area contributed by atoms with Gasteiger partial charge >= 0.3 is 6.09 Å². The third-order valence-corrected chi connectivity index (χ3v) is 6.56. The molecule has 31 heavy (non-hydrogen) atoms. The fourth-order valence-electron chi connectivity index (χ4n) is 3.34. The van der Waals surface area contributed by atoms with Gasteiger partial charge in [-0.25, -0.2) is 14.0 Å². The van der Waals surface area contributed by atoms with Crippen molar-refractivity contribution < 1.29 is 13.7 Å². The van der Waals surface area contributed by atoms with Crippen LogP contribution < -0.4 is 10.6 Å². The van der Waals surface area contributed by atoms with E-state index in [1.54, 1.807) is 31.2 Å². The van der Waals surface area contributed by atoms with Crippen LogP contribution in [0, 0.1) is 11.3 Å². The Bertz CT molecular complexity index is 1080. The first-order valence-corrected chi connectivity index (χ1v) is 12.1. The summed E-state index contributed by atoms with van der Waals surface area (Å²) in [5.74, 6) is 0.867. The molecule has 2 aromatic rings. The van der Waals surface area contributed by atoms with E-state index in [-0.39, 0.29) is 6.61 Å². The van der Waals surface area contributed by atoms with Crippen LogP contribution in [-0.4, -0.2) is 39.2 Å². The van der Waals surface area contributed by atoms with Crippen molar-refractivity contribution in [2.75, 3.05) is 23.5 Å². The van der Waals surface area contributed by atoms with Gasteiger partial charge in [-0.05, 0) is 44.0 Å². The standard InChI is InChI=1S/C21H26N6O3S/c1-3-30-21(28)27-31(2,29)18-11-9-17(10-12-18)25-20-23-14-15(13-22)19(26-20)24-16-7-5-4-6-8-16/h9-12,14,16H,3-8H2,1-2H3,(H2,23,24,25,26). The van der Waals surface area contributed by atoms with Gasteiger partial charge in [0, 0.05) is 22.9 Å². The van der Waals surface area contributed by atoms with E-state index in [2.05, 4.69) is 31.0 Å². The first kappa shape index (κ1) is 22.5. The van der Waals surface area contributed by atoms with E-state index >= 15 is 0 Å². The molecule has 1 amide bonds. The van der Waals surface area contributed by atoms with E-state index in [4.69, 9.17) is 4.74 Å². The molecule has 9 nitrogen and oxygen atoms in total. The second kappa shape index (κ2) is 10.2. The molecule has 1 fully saturated rings. The van der Waals surface area contributed by atoms with Gasteiger partial charge in [-0.15, -0.1) is 4.36 Å². The Morgan fingerprint density at radius 3 is 2.65 bits per heavy atom. The van der Waals surface area contributed by atoms with Gasteiger partial charge in [0.25, 0.3) is 0 Å². The summed E-state index contributed by atoms with van der Waals surface area (Å²) in [4.78, 5) is 20.6. The third kappa shape index (κ3) is 6.15. The van der Waals surface area contributed by atoms with Crippen molar-refractivity contribution in [3.8, 4) is 6.07 Å². The van der Waals surface area contributed by atoms with Gasteiger partial charge in [0.05, 0.1) is 22.5 Å². The number of hydrogen-bond donors (Lipinski definition) is 2. The van der Waals surface area contributed by atoms with Crippen molar-refractivity contribution in [1.82, 2.24) is 9.97 Å². The molecule has 0 saturated heterocycles. The molecule has 0 aliphatic heterocycles. The molecule has 2 N–H and O–H groups in total. The van der Waals surface area contributed by atoms with Crippen LogP contribution in [0.2, 0.25) is 0 Å². The van der Waals surface area contributed by atoms with Crippen LogP contribution in [0.1, 0.15) is 44.6 Å². The molecule has 0 bridgehead atoms. The number of carbonyl (C=O) groups is 1. The molecule has 3 rings (SSSR count). The highest BCUT2D eigenvalue weighted by atomic mass is 32.2. The van der Waals surface area contributed by atoms with Crippen LogP contribution in [0.5, 0.6) is 0 Å². The van der Waals surface area contributed by atoms with Crippen LogP contribution in [0.25, 0.3) is 0 Å². The molecule has 1 aliphatic rings. The number of rotatable bonds is 6. The lowest BCUT2D eigenvalue weighted by molar-refractivity contribution is 0.164. The van der Waals surface area contributed by atoms with E-state index < -0.39 is 15.8 Å². The maximum Gasteiger partial charge on any atom is 0.442 e. The van der Waals surface area contributed by atoms with Crippen molar-refractivity contribution in [1.29, 1.82) is 5.26 Å². The van der Waals surface area contributed by atoms with Gasteiger partial charge < -0.3 is 15.4 Å². The minimum atomic E-state index is -2.91. The maximum atomic E-state index is 12.7. The summed E-state index contributed by atoms with van der Waals surface area (Å²) in [6.07, 6.45) is 7.74. The summed E-state index contributed by atoms with van der Waals surface area (Å²) in [5, 5.41) is 15.8. The lowest BCUT2D eigenvalue weighted by atomic mass is 9.95. The Kier molecular flexibility index (Phi) is 7.41. The van der Waals surface area contributed by atoms with Gasteiger partial charge in [0.1, 0.15) is 17.5 Å². The molecule has 0 spiro atoms. The molecule has 1 aromatic heterocycles. The number of carbonyl (C=O) groups excluding carboxylic acids is 1. The quantitative estimate of drug-likeness (QED) is 0.671. The van der Waals surface area contributed by atoms with Gasteiger partial charge in [0.15, 0.2) is 0 Å². The van der Waals surface area contributed by atoms with Crippen molar-refractivity contribution in [3.05, 3.63) is 36.0 Å². The predicted molar refractivity (Wildman–Crippen MR) is 119 cm³/mol. The van der Waals surface area contributed by atoms with E-state index in [0.29, 0.717) is 34.0 Å². The zero-order valence-electron chi connectivity index (χ0n) is 17.6. The van der Waals surface area contributed by atoms with Gasteiger partial charge in [-0.3, -0.25) is 0 Å². The van der Waals surface area contributed by atoms with Crippen LogP contribution in [0.15, 0.2) is 39.7 Å². The van der Waals surface area contributed by atoms with E-state index in [1.807, 2.05) is 0 Å².